The molecule has 74 valence electrons. The first-order chi connectivity index (χ1) is 7.36. The minimum Gasteiger partial charge on any atom is -0.472 e. The van der Waals surface area contributed by atoms with E-state index in [4.69, 9.17) is 9.15 Å². The molecule has 0 N–H and O–H groups in total. The molecule has 1 unspecified atom stereocenters. The highest BCUT2D eigenvalue weighted by Crippen LogP contribution is 2.35. The topological polar surface area (TPSA) is 39.4 Å². The van der Waals surface area contributed by atoms with Crippen LogP contribution in [0.15, 0.2) is 47.3 Å². The lowest BCUT2D eigenvalue weighted by molar-refractivity contribution is 0.0455. The van der Waals surface area contributed by atoms with Gasteiger partial charge in [0.2, 0.25) is 0 Å². The summed E-state index contributed by atoms with van der Waals surface area (Å²) in [5.41, 5.74) is 2.42. The minimum absolute atomic E-state index is 0.267. The molecule has 1 aromatic heterocycles. The van der Waals surface area contributed by atoms with Crippen molar-refractivity contribution in [3.63, 3.8) is 0 Å². The van der Waals surface area contributed by atoms with Crippen molar-refractivity contribution in [2.75, 3.05) is 0 Å². The number of esters is 1. The second-order valence-corrected chi connectivity index (χ2v) is 3.43. The van der Waals surface area contributed by atoms with Crippen molar-refractivity contribution >= 4 is 5.97 Å². The summed E-state index contributed by atoms with van der Waals surface area (Å²) in [7, 11) is 0. The van der Waals surface area contributed by atoms with Gasteiger partial charge in [0.05, 0.1) is 18.1 Å². The van der Waals surface area contributed by atoms with Crippen LogP contribution in [0.1, 0.15) is 27.6 Å². The summed E-state index contributed by atoms with van der Waals surface area (Å²) in [4.78, 5) is 11.5. The van der Waals surface area contributed by atoms with E-state index in [0.29, 0.717) is 5.56 Å². The standard InChI is InChI=1S/C12H8O3/c13-12-10-4-2-1-3-9(10)11(15-12)8-5-6-14-7-8/h1-7,11H. The second kappa shape index (κ2) is 2.98. The molecule has 1 aliphatic rings. The lowest BCUT2D eigenvalue weighted by atomic mass is 10.0. The quantitative estimate of drug-likeness (QED) is 0.664. The van der Waals surface area contributed by atoms with Gasteiger partial charge in [-0.3, -0.25) is 0 Å². The predicted octanol–water partition coefficient (Wildman–Crippen LogP) is 2.54. The van der Waals surface area contributed by atoms with Crippen molar-refractivity contribution in [3.05, 3.63) is 59.5 Å². The first-order valence-corrected chi connectivity index (χ1v) is 4.68. The van der Waals surface area contributed by atoms with Crippen LogP contribution in [0.2, 0.25) is 0 Å². The highest BCUT2D eigenvalue weighted by atomic mass is 16.5. The molecule has 0 spiro atoms. The molecule has 1 aromatic carbocycles. The van der Waals surface area contributed by atoms with Gasteiger partial charge in [-0.25, -0.2) is 4.79 Å². The summed E-state index contributed by atoms with van der Waals surface area (Å²) in [6.45, 7) is 0. The molecule has 3 nitrogen and oxygen atoms in total. The van der Waals surface area contributed by atoms with Crippen LogP contribution in [-0.4, -0.2) is 5.97 Å². The van der Waals surface area contributed by atoms with Crippen molar-refractivity contribution < 1.29 is 13.9 Å². The Hall–Kier alpha value is -2.03. The van der Waals surface area contributed by atoms with E-state index < -0.39 is 0 Å². The highest BCUT2D eigenvalue weighted by Gasteiger charge is 2.32. The number of ether oxygens (including phenoxy) is 1. The lowest BCUT2D eigenvalue weighted by Gasteiger charge is -2.06. The molecule has 3 rings (SSSR count). The molecule has 3 heteroatoms. The summed E-state index contributed by atoms with van der Waals surface area (Å²) in [5.74, 6) is -0.267. The molecule has 0 saturated carbocycles. The van der Waals surface area contributed by atoms with Crippen LogP contribution in [-0.2, 0) is 4.74 Å². The van der Waals surface area contributed by atoms with Gasteiger partial charge < -0.3 is 9.15 Å². The van der Waals surface area contributed by atoms with Crippen LogP contribution in [0.4, 0.5) is 0 Å². The Morgan fingerprint density at radius 1 is 1.13 bits per heavy atom. The molecule has 0 amide bonds. The Kier molecular flexibility index (Phi) is 1.65. The molecule has 15 heavy (non-hydrogen) atoms. The minimum atomic E-state index is -0.313. The van der Waals surface area contributed by atoms with E-state index in [1.165, 1.54) is 0 Å². The maximum Gasteiger partial charge on any atom is 0.339 e. The average molecular weight is 200 g/mol. The normalized spacial score (nSPS) is 18.7. The molecular weight excluding hydrogens is 192 g/mol. The van der Waals surface area contributed by atoms with Crippen molar-refractivity contribution in [2.24, 2.45) is 0 Å². The summed E-state index contributed by atoms with van der Waals surface area (Å²) >= 11 is 0. The molecule has 0 fully saturated rings. The third-order valence-electron chi connectivity index (χ3n) is 2.53. The fourth-order valence-corrected chi connectivity index (χ4v) is 1.82. The van der Waals surface area contributed by atoms with Crippen molar-refractivity contribution in [3.8, 4) is 0 Å². The van der Waals surface area contributed by atoms with Crippen LogP contribution in [0.25, 0.3) is 0 Å². The zero-order valence-corrected chi connectivity index (χ0v) is 7.84. The molecule has 0 bridgehead atoms. The third-order valence-corrected chi connectivity index (χ3v) is 2.53. The summed E-state index contributed by atoms with van der Waals surface area (Å²) < 4.78 is 10.3. The number of cyclic esters (lactones) is 1. The van der Waals surface area contributed by atoms with Gasteiger partial charge in [-0.1, -0.05) is 18.2 Å². The Morgan fingerprint density at radius 2 is 2.00 bits per heavy atom. The van der Waals surface area contributed by atoms with Gasteiger partial charge in [-0.05, 0) is 12.1 Å². The molecule has 0 radical (unpaired) electrons. The summed E-state index contributed by atoms with van der Waals surface area (Å²) in [6.07, 6.45) is 2.86. The van der Waals surface area contributed by atoms with E-state index in [-0.39, 0.29) is 12.1 Å². The average Bonchev–Trinajstić information content (AvgIpc) is 2.87. The van der Waals surface area contributed by atoms with Gasteiger partial charge in [-0.2, -0.15) is 0 Å². The maximum atomic E-state index is 11.5. The van der Waals surface area contributed by atoms with Gasteiger partial charge in [-0.15, -0.1) is 0 Å². The smallest absolute Gasteiger partial charge is 0.339 e. The van der Waals surface area contributed by atoms with Gasteiger partial charge in [0.25, 0.3) is 0 Å². The number of carbonyl (C=O) groups is 1. The van der Waals surface area contributed by atoms with E-state index >= 15 is 0 Å². The van der Waals surface area contributed by atoms with Gasteiger partial charge in [0.15, 0.2) is 6.10 Å². The Bertz CT molecular complexity index is 499. The third kappa shape index (κ3) is 1.16. The van der Waals surface area contributed by atoms with Crippen molar-refractivity contribution in [2.45, 2.75) is 6.10 Å². The second-order valence-electron chi connectivity index (χ2n) is 3.43. The number of furan rings is 1. The number of carbonyl (C=O) groups excluding carboxylic acids is 1. The fraction of sp³-hybridized carbons (Fsp3) is 0.0833. The summed E-state index contributed by atoms with van der Waals surface area (Å²) in [6, 6.07) is 9.21. The van der Waals surface area contributed by atoms with E-state index in [2.05, 4.69) is 0 Å². The number of fused-ring (bicyclic) bond motifs is 1. The first-order valence-electron chi connectivity index (χ1n) is 4.68. The zero-order valence-electron chi connectivity index (χ0n) is 7.84. The first kappa shape index (κ1) is 8.29. The van der Waals surface area contributed by atoms with Crippen LogP contribution in [0.3, 0.4) is 0 Å². The number of rotatable bonds is 1. The largest absolute Gasteiger partial charge is 0.472 e. The van der Waals surface area contributed by atoms with Gasteiger partial charge in [0.1, 0.15) is 0 Å². The van der Waals surface area contributed by atoms with Gasteiger partial charge in [0, 0.05) is 11.1 Å². The molecule has 1 aliphatic heterocycles. The number of benzene rings is 1. The Labute approximate surface area is 86.3 Å². The lowest BCUT2D eigenvalue weighted by Crippen LogP contribution is -1.98. The zero-order chi connectivity index (χ0) is 10.3. The maximum absolute atomic E-state index is 11.5. The molecule has 2 aromatic rings. The van der Waals surface area contributed by atoms with Crippen molar-refractivity contribution in [1.29, 1.82) is 0 Å². The number of hydrogen-bond acceptors (Lipinski definition) is 3. The Balaban J connectivity index is 2.13. The molecule has 2 heterocycles. The van der Waals surface area contributed by atoms with E-state index in [0.717, 1.165) is 11.1 Å². The predicted molar refractivity (Wildman–Crippen MR) is 52.4 cm³/mol. The summed E-state index contributed by atoms with van der Waals surface area (Å²) in [5, 5.41) is 0. The van der Waals surface area contributed by atoms with Gasteiger partial charge >= 0.3 is 5.97 Å². The SMILES string of the molecule is O=C1OC(c2ccoc2)c2ccccc21. The molecule has 1 atom stereocenters. The van der Waals surface area contributed by atoms with Crippen LogP contribution < -0.4 is 0 Å². The molecule has 0 aliphatic carbocycles. The van der Waals surface area contributed by atoms with E-state index in [1.54, 1.807) is 24.7 Å². The Morgan fingerprint density at radius 3 is 2.80 bits per heavy atom. The molecular formula is C12H8O3. The van der Waals surface area contributed by atoms with Crippen molar-refractivity contribution in [1.82, 2.24) is 0 Å². The molecule has 0 saturated heterocycles. The van der Waals surface area contributed by atoms with E-state index in [1.807, 2.05) is 18.2 Å². The van der Waals surface area contributed by atoms with E-state index in [9.17, 15) is 4.79 Å². The van der Waals surface area contributed by atoms with Crippen LogP contribution in [0.5, 0.6) is 0 Å². The highest BCUT2D eigenvalue weighted by molar-refractivity contribution is 5.94. The van der Waals surface area contributed by atoms with Crippen LogP contribution in [0, 0.1) is 0 Å². The fourth-order valence-electron chi connectivity index (χ4n) is 1.82. The van der Waals surface area contributed by atoms with Crippen LogP contribution >= 0.6 is 0 Å². The number of hydrogen-bond donors (Lipinski definition) is 0. The monoisotopic (exact) mass is 200 g/mol.